The first-order chi connectivity index (χ1) is 5.91. The van der Waals surface area contributed by atoms with Crippen molar-refractivity contribution in [2.75, 3.05) is 12.5 Å². The Morgan fingerprint density at radius 2 is 2.23 bits per heavy atom. The Morgan fingerprint density at radius 3 is 2.54 bits per heavy atom. The zero-order valence-corrected chi connectivity index (χ0v) is 8.21. The molecule has 0 rings (SSSR count). The maximum atomic E-state index is 10.5. The lowest BCUT2D eigenvalue weighted by molar-refractivity contribution is -0.137. The van der Waals surface area contributed by atoms with E-state index >= 15 is 0 Å². The first-order valence-corrected chi connectivity index (χ1v) is 5.27. The van der Waals surface area contributed by atoms with E-state index in [4.69, 9.17) is 16.2 Å². The largest absolute Gasteiger partial charge is 0.461 e. The van der Waals surface area contributed by atoms with Gasteiger partial charge in [0.25, 0.3) is 10.1 Å². The maximum Gasteiger partial charge on any atom is 0.330 e. The number of ether oxygens (including phenoxy) is 1. The Bertz CT molecular complexity index is 283. The number of halogens is 1. The molecule has 0 aromatic rings. The fourth-order valence-corrected chi connectivity index (χ4v) is 1.41. The van der Waals surface area contributed by atoms with Crippen LogP contribution in [0.3, 0.4) is 0 Å². The summed E-state index contributed by atoms with van der Waals surface area (Å²) in [5.74, 6) is -1.11. The molecule has 1 unspecified atom stereocenters. The van der Waals surface area contributed by atoms with Gasteiger partial charge in [0.05, 0.1) is 0 Å². The predicted octanol–water partition coefficient (Wildman–Crippen LogP) is 0.211. The highest BCUT2D eigenvalue weighted by Gasteiger charge is 2.23. The molecule has 0 saturated heterocycles. The number of alkyl halides is 1. The highest BCUT2D eigenvalue weighted by molar-refractivity contribution is 7.86. The lowest BCUT2D eigenvalue weighted by Gasteiger charge is -2.09. The predicted molar refractivity (Wildman–Crippen MR) is 47.2 cm³/mol. The smallest absolute Gasteiger partial charge is 0.330 e. The van der Waals surface area contributed by atoms with Gasteiger partial charge in [-0.2, -0.15) is 8.42 Å². The molecule has 7 heteroatoms. The minimum atomic E-state index is -4.26. The molecule has 0 radical (unpaired) electrons. The summed E-state index contributed by atoms with van der Waals surface area (Å²) in [5, 5.41) is -1.29. The summed E-state index contributed by atoms with van der Waals surface area (Å²) in [7, 11) is -4.26. The second-order valence-corrected chi connectivity index (χ2v) is 4.13. The molecular formula is C6H9ClO5S. The molecule has 0 bridgehead atoms. The van der Waals surface area contributed by atoms with Crippen LogP contribution in [0.5, 0.6) is 0 Å². The molecule has 0 heterocycles. The second-order valence-electron chi connectivity index (χ2n) is 2.13. The number of carbonyl (C=O) groups is 1. The van der Waals surface area contributed by atoms with E-state index < -0.39 is 27.9 Å². The molecule has 1 atom stereocenters. The van der Waals surface area contributed by atoms with Crippen LogP contribution in [-0.2, 0) is 19.6 Å². The van der Waals surface area contributed by atoms with Crippen molar-refractivity contribution in [3.05, 3.63) is 12.7 Å². The van der Waals surface area contributed by atoms with Crippen LogP contribution in [0.15, 0.2) is 12.7 Å². The van der Waals surface area contributed by atoms with Gasteiger partial charge in [0.1, 0.15) is 11.9 Å². The third-order valence-corrected chi connectivity index (χ3v) is 2.87. The summed E-state index contributed by atoms with van der Waals surface area (Å²) in [6.45, 7) is 2.63. The van der Waals surface area contributed by atoms with E-state index in [-0.39, 0.29) is 5.88 Å². The highest BCUT2D eigenvalue weighted by Crippen LogP contribution is 2.02. The molecule has 0 aromatic heterocycles. The van der Waals surface area contributed by atoms with Crippen molar-refractivity contribution in [2.24, 2.45) is 0 Å². The first-order valence-electron chi connectivity index (χ1n) is 3.23. The molecule has 0 saturated carbocycles. The summed E-state index contributed by atoms with van der Waals surface area (Å²) < 4.78 is 34.0. The third kappa shape index (κ3) is 4.87. The van der Waals surface area contributed by atoms with Gasteiger partial charge in [0.15, 0.2) is 0 Å². The van der Waals surface area contributed by atoms with Gasteiger partial charge in [-0.05, 0) is 0 Å². The molecule has 0 aliphatic carbocycles. The summed E-state index contributed by atoms with van der Waals surface area (Å²) in [4.78, 5) is 10.5. The zero-order valence-electron chi connectivity index (χ0n) is 6.64. The summed E-state index contributed by atoms with van der Waals surface area (Å²) in [6.07, 6.45) is 0.884. The number of rotatable bonds is 5. The standard InChI is InChI=1S/C6H9ClO5S/c1-2-6(8)12-4-5(3-7)13(9,10)11/h2,5H,1,3-4H2,(H,9,10,11). The van der Waals surface area contributed by atoms with Crippen LogP contribution in [0.25, 0.3) is 0 Å². The third-order valence-electron chi connectivity index (χ3n) is 1.17. The van der Waals surface area contributed by atoms with Gasteiger partial charge in [-0.15, -0.1) is 11.6 Å². The molecule has 5 nitrogen and oxygen atoms in total. The molecule has 0 aromatic carbocycles. The van der Waals surface area contributed by atoms with Crippen molar-refractivity contribution in [1.29, 1.82) is 0 Å². The van der Waals surface area contributed by atoms with Crippen molar-refractivity contribution in [1.82, 2.24) is 0 Å². The molecule has 0 aliphatic rings. The van der Waals surface area contributed by atoms with Crippen LogP contribution >= 0.6 is 11.6 Å². The van der Waals surface area contributed by atoms with Gasteiger partial charge in [0, 0.05) is 12.0 Å². The Balaban J connectivity index is 4.16. The van der Waals surface area contributed by atoms with Crippen LogP contribution in [0.2, 0.25) is 0 Å². The Kier molecular flexibility index (Phi) is 4.97. The van der Waals surface area contributed by atoms with Crippen molar-refractivity contribution < 1.29 is 22.5 Å². The van der Waals surface area contributed by atoms with Crippen LogP contribution in [-0.4, -0.2) is 36.7 Å². The topological polar surface area (TPSA) is 80.7 Å². The van der Waals surface area contributed by atoms with Crippen LogP contribution < -0.4 is 0 Å². The van der Waals surface area contributed by atoms with Crippen LogP contribution in [0.4, 0.5) is 0 Å². The first kappa shape index (κ1) is 12.4. The number of hydrogen-bond acceptors (Lipinski definition) is 4. The quantitative estimate of drug-likeness (QED) is 0.315. The lowest BCUT2D eigenvalue weighted by atomic mass is 10.5. The van der Waals surface area contributed by atoms with E-state index in [1.54, 1.807) is 0 Å². The second kappa shape index (κ2) is 5.21. The van der Waals surface area contributed by atoms with Gasteiger partial charge in [-0.25, -0.2) is 4.79 Å². The minimum absolute atomic E-state index is 0.344. The Hall–Kier alpha value is -0.590. The van der Waals surface area contributed by atoms with Gasteiger partial charge in [-0.1, -0.05) is 6.58 Å². The van der Waals surface area contributed by atoms with E-state index in [9.17, 15) is 13.2 Å². The average Bonchev–Trinajstić information content (AvgIpc) is 2.02. The molecular weight excluding hydrogens is 220 g/mol. The van der Waals surface area contributed by atoms with Crippen molar-refractivity contribution in [3.63, 3.8) is 0 Å². The molecule has 13 heavy (non-hydrogen) atoms. The highest BCUT2D eigenvalue weighted by atomic mass is 35.5. The summed E-state index contributed by atoms with van der Waals surface area (Å²) >= 11 is 5.22. The minimum Gasteiger partial charge on any atom is -0.461 e. The van der Waals surface area contributed by atoms with Crippen molar-refractivity contribution in [3.8, 4) is 0 Å². The van der Waals surface area contributed by atoms with Gasteiger partial charge < -0.3 is 4.74 Å². The van der Waals surface area contributed by atoms with E-state index in [1.165, 1.54) is 0 Å². The van der Waals surface area contributed by atoms with E-state index in [0.29, 0.717) is 0 Å². The number of hydrogen-bond donors (Lipinski definition) is 1. The molecule has 0 amide bonds. The maximum absolute atomic E-state index is 10.5. The van der Waals surface area contributed by atoms with Gasteiger partial charge in [-0.3, -0.25) is 4.55 Å². The molecule has 76 valence electrons. The normalized spacial score (nSPS) is 13.4. The summed E-state index contributed by atoms with van der Waals surface area (Å²) in [5.41, 5.74) is 0. The molecule has 0 aliphatic heterocycles. The lowest BCUT2D eigenvalue weighted by Crippen LogP contribution is -2.28. The number of esters is 1. The Labute approximate surface area is 81.1 Å². The monoisotopic (exact) mass is 228 g/mol. The fraction of sp³-hybridized carbons (Fsp3) is 0.500. The van der Waals surface area contributed by atoms with Crippen LogP contribution in [0.1, 0.15) is 0 Å². The summed E-state index contributed by atoms with van der Waals surface area (Å²) in [6, 6.07) is 0. The van der Waals surface area contributed by atoms with E-state index in [0.717, 1.165) is 6.08 Å². The van der Waals surface area contributed by atoms with Crippen molar-refractivity contribution >= 4 is 27.7 Å². The molecule has 0 fully saturated rings. The molecule has 0 spiro atoms. The van der Waals surface area contributed by atoms with Crippen LogP contribution in [0, 0.1) is 0 Å². The Morgan fingerprint density at radius 1 is 1.69 bits per heavy atom. The number of carbonyl (C=O) groups excluding carboxylic acids is 1. The van der Waals surface area contributed by atoms with Gasteiger partial charge in [0.2, 0.25) is 0 Å². The fourth-order valence-electron chi connectivity index (χ4n) is 0.444. The average molecular weight is 229 g/mol. The zero-order chi connectivity index (χ0) is 10.5. The van der Waals surface area contributed by atoms with Crippen molar-refractivity contribution in [2.45, 2.75) is 5.25 Å². The SMILES string of the molecule is C=CC(=O)OCC(CCl)S(=O)(=O)O. The van der Waals surface area contributed by atoms with E-state index in [1.807, 2.05) is 0 Å². The molecule has 1 N–H and O–H groups in total. The van der Waals surface area contributed by atoms with Gasteiger partial charge >= 0.3 is 5.97 Å². The van der Waals surface area contributed by atoms with E-state index in [2.05, 4.69) is 11.3 Å².